The van der Waals surface area contributed by atoms with Gasteiger partial charge in [-0.1, -0.05) is 26.2 Å². The number of halogens is 1. The zero-order valence-corrected chi connectivity index (χ0v) is 12.5. The van der Waals surface area contributed by atoms with Gasteiger partial charge in [-0.25, -0.2) is 0 Å². The molecule has 1 N–H and O–H groups in total. The minimum atomic E-state index is -0.132. The lowest BCUT2D eigenvalue weighted by Crippen LogP contribution is -2.39. The Morgan fingerprint density at radius 1 is 1.47 bits per heavy atom. The van der Waals surface area contributed by atoms with Gasteiger partial charge in [-0.15, -0.1) is 11.3 Å². The minimum Gasteiger partial charge on any atom is -0.351 e. The molecule has 1 amide bonds. The maximum absolute atomic E-state index is 12.2. The molecular formula is C13H18BrNOS. The molecule has 0 unspecified atom stereocenters. The van der Waals surface area contributed by atoms with Crippen molar-refractivity contribution in [3.63, 3.8) is 0 Å². The van der Waals surface area contributed by atoms with Gasteiger partial charge in [0.15, 0.2) is 0 Å². The van der Waals surface area contributed by atoms with Gasteiger partial charge in [0.1, 0.15) is 0 Å². The topological polar surface area (TPSA) is 29.1 Å². The van der Waals surface area contributed by atoms with Crippen molar-refractivity contribution in [1.82, 2.24) is 5.32 Å². The van der Waals surface area contributed by atoms with E-state index in [-0.39, 0.29) is 11.3 Å². The van der Waals surface area contributed by atoms with E-state index in [9.17, 15) is 4.79 Å². The van der Waals surface area contributed by atoms with Crippen molar-refractivity contribution in [3.05, 3.63) is 20.8 Å². The number of carbonyl (C=O) groups excluding carboxylic acids is 1. The van der Waals surface area contributed by atoms with E-state index in [1.807, 2.05) is 5.38 Å². The molecule has 0 atom stereocenters. The molecule has 4 heteroatoms. The summed E-state index contributed by atoms with van der Waals surface area (Å²) in [6.07, 6.45) is 5.73. The number of hydrogen-bond acceptors (Lipinski definition) is 2. The lowest BCUT2D eigenvalue weighted by atomic mass is 9.75. The number of hydrogen-bond donors (Lipinski definition) is 1. The van der Waals surface area contributed by atoms with E-state index in [4.69, 9.17) is 0 Å². The van der Waals surface area contributed by atoms with Crippen LogP contribution in [0.2, 0.25) is 0 Å². The van der Waals surface area contributed by atoms with Crippen LogP contribution in [0.5, 0.6) is 0 Å². The molecule has 0 bridgehead atoms. The van der Waals surface area contributed by atoms with Crippen molar-refractivity contribution in [2.45, 2.75) is 45.6 Å². The summed E-state index contributed by atoms with van der Waals surface area (Å²) in [4.78, 5) is 13.4. The van der Waals surface area contributed by atoms with E-state index in [0.717, 1.165) is 17.3 Å². The predicted octanol–water partition coefficient (Wildman–Crippen LogP) is 4.10. The second-order valence-electron chi connectivity index (χ2n) is 5.04. The summed E-state index contributed by atoms with van der Waals surface area (Å²) in [5.74, 6) is 0.224. The second-order valence-corrected chi connectivity index (χ2v) is 6.95. The minimum absolute atomic E-state index is 0.132. The molecule has 0 aliphatic heterocycles. The molecule has 1 fully saturated rings. The van der Waals surface area contributed by atoms with Crippen molar-refractivity contribution in [2.75, 3.05) is 0 Å². The number of carbonyl (C=O) groups is 1. The van der Waals surface area contributed by atoms with Crippen molar-refractivity contribution in [2.24, 2.45) is 5.41 Å². The fraction of sp³-hybridized carbons (Fsp3) is 0.615. The average molecular weight is 316 g/mol. The Morgan fingerprint density at radius 2 is 2.18 bits per heavy atom. The highest BCUT2D eigenvalue weighted by Gasteiger charge is 2.34. The highest BCUT2D eigenvalue weighted by atomic mass is 79.9. The molecule has 17 heavy (non-hydrogen) atoms. The first-order chi connectivity index (χ1) is 8.10. The van der Waals surface area contributed by atoms with E-state index in [0.29, 0.717) is 6.54 Å². The molecule has 1 aromatic rings. The predicted molar refractivity (Wildman–Crippen MR) is 75.1 cm³/mol. The van der Waals surface area contributed by atoms with Gasteiger partial charge < -0.3 is 5.32 Å². The SMILES string of the molecule is CC1(C(=O)NCc2cc(Br)cs2)CCCCC1. The van der Waals surface area contributed by atoms with Gasteiger partial charge in [-0.3, -0.25) is 4.79 Å². The first-order valence-electron chi connectivity index (χ1n) is 6.11. The fourth-order valence-electron chi connectivity index (χ4n) is 2.39. The summed E-state index contributed by atoms with van der Waals surface area (Å²) in [5.41, 5.74) is -0.132. The Hall–Kier alpha value is -0.350. The van der Waals surface area contributed by atoms with Crippen LogP contribution in [-0.2, 0) is 11.3 Å². The highest BCUT2D eigenvalue weighted by molar-refractivity contribution is 9.10. The van der Waals surface area contributed by atoms with Gasteiger partial charge in [0.05, 0.1) is 6.54 Å². The number of amides is 1. The second kappa shape index (κ2) is 5.53. The van der Waals surface area contributed by atoms with E-state index in [1.54, 1.807) is 11.3 Å². The molecule has 1 aliphatic carbocycles. The highest BCUT2D eigenvalue weighted by Crippen LogP contribution is 2.35. The molecule has 2 rings (SSSR count). The van der Waals surface area contributed by atoms with Gasteiger partial charge >= 0.3 is 0 Å². The van der Waals surface area contributed by atoms with E-state index in [2.05, 4.69) is 34.2 Å². The maximum Gasteiger partial charge on any atom is 0.226 e. The van der Waals surface area contributed by atoms with Gasteiger partial charge in [-0.2, -0.15) is 0 Å². The Labute approximate surface area is 115 Å². The van der Waals surface area contributed by atoms with Crippen LogP contribution in [0.3, 0.4) is 0 Å². The average Bonchev–Trinajstić information content (AvgIpc) is 2.73. The Kier molecular flexibility index (Phi) is 4.26. The molecule has 1 aromatic heterocycles. The van der Waals surface area contributed by atoms with Gasteiger partial charge in [0.2, 0.25) is 5.91 Å². The largest absolute Gasteiger partial charge is 0.351 e. The van der Waals surface area contributed by atoms with Crippen molar-refractivity contribution >= 4 is 33.2 Å². The van der Waals surface area contributed by atoms with Crippen LogP contribution in [0.25, 0.3) is 0 Å². The third-order valence-corrected chi connectivity index (χ3v) is 5.25. The van der Waals surface area contributed by atoms with Crippen LogP contribution in [0.1, 0.15) is 43.9 Å². The maximum atomic E-state index is 12.2. The summed E-state index contributed by atoms with van der Waals surface area (Å²) in [5, 5.41) is 5.12. The molecule has 94 valence electrons. The third-order valence-electron chi connectivity index (χ3n) is 3.55. The molecule has 0 spiro atoms. The van der Waals surface area contributed by atoms with Gasteiger partial charge in [-0.05, 0) is 34.8 Å². The molecular weight excluding hydrogens is 298 g/mol. The molecule has 1 aliphatic rings. The van der Waals surface area contributed by atoms with Gasteiger partial charge in [0.25, 0.3) is 0 Å². The lowest BCUT2D eigenvalue weighted by molar-refractivity contribution is -0.132. The Morgan fingerprint density at radius 3 is 2.76 bits per heavy atom. The molecule has 1 heterocycles. The van der Waals surface area contributed by atoms with Crippen molar-refractivity contribution in [1.29, 1.82) is 0 Å². The Balaban J connectivity index is 1.88. The van der Waals surface area contributed by atoms with Crippen LogP contribution in [-0.4, -0.2) is 5.91 Å². The number of rotatable bonds is 3. The van der Waals surface area contributed by atoms with Crippen LogP contribution < -0.4 is 5.32 Å². The lowest BCUT2D eigenvalue weighted by Gasteiger charge is -2.31. The molecule has 1 saturated carbocycles. The fourth-order valence-corrected chi connectivity index (χ4v) is 3.78. The Bertz CT molecular complexity index is 396. The summed E-state index contributed by atoms with van der Waals surface area (Å²) in [7, 11) is 0. The van der Waals surface area contributed by atoms with E-state index in [1.165, 1.54) is 24.1 Å². The zero-order valence-electron chi connectivity index (χ0n) is 10.1. The van der Waals surface area contributed by atoms with Crippen molar-refractivity contribution < 1.29 is 4.79 Å². The van der Waals surface area contributed by atoms with Crippen molar-refractivity contribution in [3.8, 4) is 0 Å². The van der Waals surface area contributed by atoms with Crippen LogP contribution in [0.4, 0.5) is 0 Å². The summed E-state index contributed by atoms with van der Waals surface area (Å²) in [6, 6.07) is 2.06. The van der Waals surface area contributed by atoms with Crippen LogP contribution >= 0.6 is 27.3 Å². The standard InChI is InChI=1S/C13H18BrNOS/c1-13(5-3-2-4-6-13)12(16)15-8-11-7-10(14)9-17-11/h7,9H,2-6,8H2,1H3,(H,15,16). The first kappa shape index (κ1) is 13.1. The quantitative estimate of drug-likeness (QED) is 0.894. The normalized spacial score (nSPS) is 18.9. The smallest absolute Gasteiger partial charge is 0.226 e. The van der Waals surface area contributed by atoms with Crippen LogP contribution in [0.15, 0.2) is 15.9 Å². The molecule has 0 aromatic carbocycles. The molecule has 0 saturated heterocycles. The molecule has 0 radical (unpaired) electrons. The summed E-state index contributed by atoms with van der Waals surface area (Å²) >= 11 is 5.10. The summed E-state index contributed by atoms with van der Waals surface area (Å²) in [6.45, 7) is 2.76. The molecule has 2 nitrogen and oxygen atoms in total. The number of thiophene rings is 1. The van der Waals surface area contributed by atoms with Gasteiger partial charge in [0, 0.05) is 20.1 Å². The third kappa shape index (κ3) is 3.32. The zero-order chi connectivity index (χ0) is 12.3. The number of nitrogens with one attached hydrogen (secondary N) is 1. The van der Waals surface area contributed by atoms with E-state index < -0.39 is 0 Å². The monoisotopic (exact) mass is 315 g/mol. The van der Waals surface area contributed by atoms with E-state index >= 15 is 0 Å². The summed E-state index contributed by atoms with van der Waals surface area (Å²) < 4.78 is 1.09. The van der Waals surface area contributed by atoms with Crippen LogP contribution in [0, 0.1) is 5.41 Å². The first-order valence-corrected chi connectivity index (χ1v) is 7.79.